The standard InChI is InChI=1S/C78H114O13/c1-4-7-10-13-16-19-22-25-28-31-48-83-69-40-34-65(35-41-69)62-88-75-59-68(78(79)91-72-46-47-73-74(61-72)87-58-56-82-54-52-80-51-53-81-55-57-86-73)60-76(89-63-66-36-42-70(43-37-66)84-49-32-29-26-23-20-17-14-11-8-5-2)77(75)90-64-67-38-44-71(45-39-67)85-50-33-30-27-24-21-18-15-12-9-6-3/h34-47,59-61H,4-33,48-58,62-64H2,1-3H3. The van der Waals surface area contributed by atoms with Crippen molar-refractivity contribution in [2.45, 2.75) is 233 Å². The van der Waals surface area contributed by atoms with Gasteiger partial charge in [-0.15, -0.1) is 0 Å². The summed E-state index contributed by atoms with van der Waals surface area (Å²) in [5, 5.41) is 0. The van der Waals surface area contributed by atoms with Crippen LogP contribution < -0.4 is 42.6 Å². The van der Waals surface area contributed by atoms with Crippen LogP contribution in [0.15, 0.2) is 103 Å². The second-order valence-electron chi connectivity index (χ2n) is 24.2. The molecule has 0 aromatic heterocycles. The summed E-state index contributed by atoms with van der Waals surface area (Å²) in [6.45, 7) is 12.4. The first-order valence-corrected chi connectivity index (χ1v) is 35.6. The largest absolute Gasteiger partial charge is 0.494 e. The molecule has 0 bridgehead atoms. The maximum absolute atomic E-state index is 14.5. The van der Waals surface area contributed by atoms with Gasteiger partial charge in [0.2, 0.25) is 5.75 Å². The van der Waals surface area contributed by atoms with Crippen molar-refractivity contribution in [3.8, 4) is 51.7 Å². The summed E-state index contributed by atoms with van der Waals surface area (Å²) in [7, 11) is 0. The third-order valence-electron chi connectivity index (χ3n) is 16.3. The molecular formula is C78H114O13. The van der Waals surface area contributed by atoms with Crippen LogP contribution in [-0.2, 0) is 34.0 Å². The number of hydrogen-bond acceptors (Lipinski definition) is 13. The number of benzene rings is 5. The van der Waals surface area contributed by atoms with E-state index in [0.29, 0.717) is 94.8 Å². The quantitative estimate of drug-likeness (QED) is 0.0208. The Bertz CT molecular complexity index is 2510. The van der Waals surface area contributed by atoms with Crippen LogP contribution in [0.3, 0.4) is 0 Å². The summed E-state index contributed by atoms with van der Waals surface area (Å²) < 4.78 is 73.9. The zero-order valence-electron chi connectivity index (χ0n) is 56.2. The molecule has 0 spiro atoms. The highest BCUT2D eigenvalue weighted by Gasteiger charge is 2.22. The number of carbonyl (C=O) groups excluding carboxylic acids is 1. The van der Waals surface area contributed by atoms with Gasteiger partial charge in [-0.1, -0.05) is 231 Å². The SMILES string of the molecule is CCCCCCCCCCCCOc1ccc(COc2cc(C(=O)Oc3ccc4c(c3)OCCOCCOCCOCCO4)cc(OCc3ccc(OCCCCCCCCCCCC)cc3)c2OCc2ccc(OCCCCCCCCCCCC)cc2)cc1. The number of hydrogen-bond donors (Lipinski definition) is 0. The maximum atomic E-state index is 14.5. The molecule has 0 atom stereocenters. The molecular weight excluding hydrogens is 1140 g/mol. The second-order valence-corrected chi connectivity index (χ2v) is 24.2. The molecule has 1 aliphatic heterocycles. The molecule has 5 aromatic rings. The van der Waals surface area contributed by atoms with Crippen molar-refractivity contribution in [1.82, 2.24) is 0 Å². The van der Waals surface area contributed by atoms with Crippen LogP contribution in [0.2, 0.25) is 0 Å². The van der Waals surface area contributed by atoms with Crippen molar-refractivity contribution in [1.29, 1.82) is 0 Å². The minimum atomic E-state index is -0.641. The molecule has 0 amide bonds. The van der Waals surface area contributed by atoms with E-state index in [1.807, 2.05) is 72.8 Å². The second kappa shape index (κ2) is 48.6. The topological polar surface area (TPSA) is 128 Å². The van der Waals surface area contributed by atoms with E-state index in [9.17, 15) is 4.79 Å². The van der Waals surface area contributed by atoms with Crippen molar-refractivity contribution in [3.63, 3.8) is 0 Å². The summed E-state index contributed by atoms with van der Waals surface area (Å²) in [5.74, 6) is 3.90. The van der Waals surface area contributed by atoms with E-state index in [1.165, 1.54) is 173 Å². The van der Waals surface area contributed by atoms with Gasteiger partial charge in [0.05, 0.1) is 65.0 Å². The normalized spacial score (nSPS) is 13.0. The number of esters is 1. The van der Waals surface area contributed by atoms with Crippen molar-refractivity contribution in [2.24, 2.45) is 0 Å². The predicted molar refractivity (Wildman–Crippen MR) is 366 cm³/mol. The molecule has 5 aromatic carbocycles. The van der Waals surface area contributed by atoms with E-state index in [4.69, 9.17) is 56.8 Å². The van der Waals surface area contributed by atoms with Gasteiger partial charge in [-0.2, -0.15) is 0 Å². The lowest BCUT2D eigenvalue weighted by atomic mass is 10.1. The minimum absolute atomic E-state index is 0.169. The number of carbonyl (C=O) groups is 1. The fourth-order valence-corrected chi connectivity index (χ4v) is 10.8. The monoisotopic (exact) mass is 1260 g/mol. The fraction of sp³-hybridized carbons (Fsp3) is 0.603. The molecule has 1 aliphatic rings. The number of rotatable bonds is 47. The van der Waals surface area contributed by atoms with Gasteiger partial charge in [0.15, 0.2) is 23.0 Å². The highest BCUT2D eigenvalue weighted by Crippen LogP contribution is 2.42. The van der Waals surface area contributed by atoms with Crippen LogP contribution in [0.25, 0.3) is 0 Å². The lowest BCUT2D eigenvalue weighted by Gasteiger charge is -2.19. The van der Waals surface area contributed by atoms with E-state index in [0.717, 1.165) is 53.2 Å². The van der Waals surface area contributed by atoms with E-state index < -0.39 is 5.97 Å². The van der Waals surface area contributed by atoms with Crippen molar-refractivity contribution in [3.05, 3.63) is 125 Å². The Morgan fingerprint density at radius 3 is 0.989 bits per heavy atom. The van der Waals surface area contributed by atoms with Gasteiger partial charge in [0.25, 0.3) is 0 Å². The van der Waals surface area contributed by atoms with Crippen LogP contribution in [0.5, 0.6) is 51.7 Å². The molecule has 0 saturated heterocycles. The molecule has 0 unspecified atom stereocenters. The van der Waals surface area contributed by atoms with E-state index in [1.54, 1.807) is 30.3 Å². The Labute approximate surface area is 548 Å². The number of ether oxygens (including phenoxy) is 12. The first-order chi connectivity index (χ1) is 45.0. The zero-order chi connectivity index (χ0) is 63.7. The predicted octanol–water partition coefficient (Wildman–Crippen LogP) is 20.4. The van der Waals surface area contributed by atoms with Gasteiger partial charge in [0.1, 0.15) is 56.0 Å². The Balaban J connectivity index is 1.17. The molecule has 504 valence electrons. The van der Waals surface area contributed by atoms with Gasteiger partial charge in [-0.3, -0.25) is 0 Å². The van der Waals surface area contributed by atoms with Crippen molar-refractivity contribution < 1.29 is 61.6 Å². The molecule has 13 heteroatoms. The van der Waals surface area contributed by atoms with Gasteiger partial charge >= 0.3 is 5.97 Å². The highest BCUT2D eigenvalue weighted by atomic mass is 16.6. The van der Waals surface area contributed by atoms with Crippen LogP contribution in [-0.4, -0.2) is 78.6 Å². The van der Waals surface area contributed by atoms with Crippen LogP contribution >= 0.6 is 0 Å². The van der Waals surface area contributed by atoms with Crippen molar-refractivity contribution in [2.75, 3.05) is 72.7 Å². The van der Waals surface area contributed by atoms with Crippen molar-refractivity contribution >= 4 is 5.97 Å². The summed E-state index contributed by atoms with van der Waals surface area (Å²) in [5.41, 5.74) is 2.92. The summed E-state index contributed by atoms with van der Waals surface area (Å²) in [6.07, 6.45) is 38.3. The Morgan fingerprint density at radius 1 is 0.319 bits per heavy atom. The van der Waals surface area contributed by atoms with Crippen LogP contribution in [0, 0.1) is 0 Å². The Hall–Kier alpha value is -6.15. The van der Waals surface area contributed by atoms with E-state index in [-0.39, 0.29) is 37.7 Å². The summed E-state index contributed by atoms with van der Waals surface area (Å²) >= 11 is 0. The summed E-state index contributed by atoms with van der Waals surface area (Å²) in [4.78, 5) is 14.5. The molecule has 1 heterocycles. The lowest BCUT2D eigenvalue weighted by Crippen LogP contribution is -2.13. The zero-order valence-corrected chi connectivity index (χ0v) is 56.2. The molecule has 91 heavy (non-hydrogen) atoms. The molecule has 0 radical (unpaired) electrons. The molecule has 0 N–H and O–H groups in total. The number of unbranched alkanes of at least 4 members (excludes halogenated alkanes) is 27. The Kier molecular flexibility index (Phi) is 39.4. The van der Waals surface area contributed by atoms with Crippen LogP contribution in [0.1, 0.15) is 240 Å². The molecule has 0 saturated carbocycles. The smallest absolute Gasteiger partial charge is 0.343 e. The molecule has 0 fully saturated rings. The maximum Gasteiger partial charge on any atom is 0.343 e. The molecule has 6 rings (SSSR count). The van der Waals surface area contributed by atoms with Gasteiger partial charge in [0, 0.05) is 6.07 Å². The van der Waals surface area contributed by atoms with Gasteiger partial charge in [-0.05, 0) is 96.6 Å². The summed E-state index contributed by atoms with van der Waals surface area (Å²) in [6, 6.07) is 32.3. The fourth-order valence-electron chi connectivity index (χ4n) is 10.8. The first-order valence-electron chi connectivity index (χ1n) is 35.6. The van der Waals surface area contributed by atoms with Gasteiger partial charge < -0.3 is 56.8 Å². The molecule has 13 nitrogen and oxygen atoms in total. The Morgan fingerprint density at radius 2 is 0.626 bits per heavy atom. The van der Waals surface area contributed by atoms with E-state index >= 15 is 0 Å². The molecule has 0 aliphatic carbocycles. The average Bonchev–Trinajstić information content (AvgIpc) is 2.31. The first kappa shape index (κ1) is 73.9. The van der Waals surface area contributed by atoms with Gasteiger partial charge in [-0.25, -0.2) is 4.79 Å². The number of fused-ring (bicyclic) bond motifs is 1. The average molecular weight is 1260 g/mol. The van der Waals surface area contributed by atoms with Crippen LogP contribution in [0.4, 0.5) is 0 Å². The lowest BCUT2D eigenvalue weighted by molar-refractivity contribution is 0.00708. The van der Waals surface area contributed by atoms with E-state index in [2.05, 4.69) is 20.8 Å². The third-order valence-corrected chi connectivity index (χ3v) is 16.3. The third kappa shape index (κ3) is 32.8. The highest BCUT2D eigenvalue weighted by molar-refractivity contribution is 5.92. The minimum Gasteiger partial charge on any atom is -0.494 e.